The molecule has 1 aromatic carbocycles. The highest BCUT2D eigenvalue weighted by molar-refractivity contribution is 8.13. The van der Waals surface area contributed by atoms with Gasteiger partial charge in [0.15, 0.2) is 11.4 Å². The summed E-state index contributed by atoms with van der Waals surface area (Å²) in [6.45, 7) is 0.771. The summed E-state index contributed by atoms with van der Waals surface area (Å²) < 4.78 is 0. The van der Waals surface area contributed by atoms with Crippen LogP contribution in [0.1, 0.15) is 18.4 Å². The zero-order valence-electron chi connectivity index (χ0n) is 12.9. The van der Waals surface area contributed by atoms with E-state index in [2.05, 4.69) is 21.5 Å². The van der Waals surface area contributed by atoms with Gasteiger partial charge in [-0.15, -0.1) is 0 Å². The van der Waals surface area contributed by atoms with Gasteiger partial charge >= 0.3 is 6.34 Å². The summed E-state index contributed by atoms with van der Waals surface area (Å²) in [4.78, 5) is 7.51. The Morgan fingerprint density at radius 1 is 1.30 bits per heavy atom. The van der Waals surface area contributed by atoms with Crippen molar-refractivity contribution in [3.8, 4) is 0 Å². The maximum absolute atomic E-state index is 5.88. The van der Waals surface area contributed by atoms with Gasteiger partial charge in [-0.2, -0.15) is 4.99 Å². The number of halogens is 3. The summed E-state index contributed by atoms with van der Waals surface area (Å²) in [5, 5.41) is 7.15. The minimum atomic E-state index is 0. The molecule has 1 aliphatic heterocycles. The number of quaternary nitrogens is 1. The van der Waals surface area contributed by atoms with E-state index >= 15 is 0 Å². The van der Waals surface area contributed by atoms with Crippen LogP contribution in [0.4, 0.5) is 0 Å². The summed E-state index contributed by atoms with van der Waals surface area (Å²) >= 11 is 7.64. The highest BCUT2D eigenvalue weighted by Gasteiger charge is 2.09. The van der Waals surface area contributed by atoms with Crippen LogP contribution in [0.5, 0.6) is 0 Å². The van der Waals surface area contributed by atoms with Crippen LogP contribution < -0.4 is 49.6 Å². The van der Waals surface area contributed by atoms with Crippen LogP contribution in [-0.2, 0) is 6.54 Å². The van der Waals surface area contributed by atoms with E-state index in [9.17, 15) is 0 Å². The van der Waals surface area contributed by atoms with Gasteiger partial charge in [-0.1, -0.05) is 35.5 Å². The first kappa shape index (κ1) is 22.7. The van der Waals surface area contributed by atoms with Crippen LogP contribution in [0, 0.1) is 0 Å². The standard InChI is InChI=1S/C15H19ClN4S.2BrH/c1-17-15(19-9-12-4-6-13(16)7-5-12)21-8-2-3-14-10-18-11-20-14;;/h4-7,10-11H,2-3,8-9H2,1H3,(H,17,19)(H,18,20);2*1H. The number of benzene rings is 1. The van der Waals surface area contributed by atoms with E-state index in [0.29, 0.717) is 0 Å². The van der Waals surface area contributed by atoms with Crippen molar-refractivity contribution >= 4 is 34.9 Å². The molecule has 0 saturated carbocycles. The van der Waals surface area contributed by atoms with Gasteiger partial charge in [0, 0.05) is 30.8 Å². The number of amidine groups is 1. The minimum Gasteiger partial charge on any atom is -1.00 e. The second-order valence-electron chi connectivity index (χ2n) is 4.66. The number of allylic oxidation sites excluding steroid dienone is 1. The number of hydrogen-bond acceptors (Lipinski definition) is 2. The van der Waals surface area contributed by atoms with Gasteiger partial charge in [0.2, 0.25) is 5.70 Å². The number of aliphatic imine (C=N–C) groups is 1. The van der Waals surface area contributed by atoms with Gasteiger partial charge in [0.1, 0.15) is 0 Å². The van der Waals surface area contributed by atoms with E-state index in [-0.39, 0.29) is 34.0 Å². The molecule has 0 aromatic heterocycles. The molecule has 2 rings (SSSR count). The fourth-order valence-electron chi connectivity index (χ4n) is 1.93. The van der Waals surface area contributed by atoms with Gasteiger partial charge in [-0.3, -0.25) is 4.99 Å². The average Bonchev–Trinajstić information content (AvgIpc) is 3.01. The number of nitrogens with two attached hydrogens (primary N) is 1. The van der Waals surface area contributed by atoms with Gasteiger partial charge in [-0.25, -0.2) is 5.32 Å². The fraction of sp³-hybridized carbons (Fsp3) is 0.333. The molecule has 0 unspecified atom stereocenters. The Hall–Kier alpha value is -0.340. The van der Waals surface area contributed by atoms with Crippen LogP contribution >= 0.6 is 23.4 Å². The molecular formula is C15H21Br2ClN4S. The molecule has 0 aliphatic carbocycles. The lowest BCUT2D eigenvalue weighted by molar-refractivity contribution is -0.492. The molecule has 1 aromatic rings. The van der Waals surface area contributed by atoms with Crippen molar-refractivity contribution in [2.24, 2.45) is 4.99 Å². The highest BCUT2D eigenvalue weighted by atomic mass is 79.9. The number of hydrogen-bond donors (Lipinski definition) is 3. The summed E-state index contributed by atoms with van der Waals surface area (Å²) in [6.07, 6.45) is 6.30. The summed E-state index contributed by atoms with van der Waals surface area (Å²) in [5.41, 5.74) is 2.49. The number of nitrogens with one attached hydrogen (secondary N) is 2. The van der Waals surface area contributed by atoms with Crippen LogP contribution in [0.25, 0.3) is 0 Å². The first-order valence-electron chi connectivity index (χ1n) is 6.98. The van der Waals surface area contributed by atoms with E-state index in [1.165, 1.54) is 11.3 Å². The third-order valence-electron chi connectivity index (χ3n) is 3.05. The maximum Gasteiger partial charge on any atom is 0.332 e. The predicted octanol–water partition coefficient (Wildman–Crippen LogP) is -5.54. The fourth-order valence-corrected chi connectivity index (χ4v) is 2.84. The molecule has 23 heavy (non-hydrogen) atoms. The van der Waals surface area contributed by atoms with Crippen molar-refractivity contribution in [3.05, 3.63) is 46.7 Å². The van der Waals surface area contributed by atoms with Crippen molar-refractivity contribution in [2.45, 2.75) is 19.4 Å². The lowest BCUT2D eigenvalue weighted by Gasteiger charge is -2.08. The molecule has 1 aliphatic rings. The molecule has 1 heterocycles. The Bertz CT molecular complexity index is 547. The molecule has 0 amide bonds. The lowest BCUT2D eigenvalue weighted by Crippen LogP contribution is -3.00. The van der Waals surface area contributed by atoms with E-state index in [0.717, 1.165) is 35.3 Å². The average molecular weight is 485 g/mol. The van der Waals surface area contributed by atoms with Crippen LogP contribution in [0.3, 0.4) is 0 Å². The van der Waals surface area contributed by atoms with Crippen molar-refractivity contribution in [3.63, 3.8) is 0 Å². The Kier molecular flexibility index (Phi) is 12.8. The van der Waals surface area contributed by atoms with Crippen molar-refractivity contribution in [1.29, 1.82) is 0 Å². The lowest BCUT2D eigenvalue weighted by atomic mass is 10.2. The molecule has 0 fully saturated rings. The second kappa shape index (κ2) is 13.0. The molecule has 128 valence electrons. The number of nitrogens with zero attached hydrogens (tertiary/aromatic N) is 1. The molecule has 0 spiro atoms. The number of thioether (sulfide) groups is 1. The maximum atomic E-state index is 5.88. The normalized spacial score (nSPS) is 13.1. The summed E-state index contributed by atoms with van der Waals surface area (Å²) in [5.74, 6) is 1.05. The molecule has 4 N–H and O–H groups in total. The van der Waals surface area contributed by atoms with Crippen LogP contribution in [0.2, 0.25) is 5.02 Å². The Morgan fingerprint density at radius 2 is 2.04 bits per heavy atom. The zero-order valence-corrected chi connectivity index (χ0v) is 17.6. The Labute approximate surface area is 167 Å². The summed E-state index contributed by atoms with van der Waals surface area (Å²) in [7, 11) is 1.82. The van der Waals surface area contributed by atoms with Crippen molar-refractivity contribution in [1.82, 2.24) is 5.32 Å². The zero-order chi connectivity index (χ0) is 14.9. The summed E-state index contributed by atoms with van der Waals surface area (Å²) in [6, 6.07) is 7.87. The number of rotatable bonds is 6. The predicted molar refractivity (Wildman–Crippen MR) is 90.4 cm³/mol. The topological polar surface area (TPSA) is 55.0 Å². The first-order valence-corrected chi connectivity index (χ1v) is 8.34. The Balaban J connectivity index is 0.00000242. The van der Waals surface area contributed by atoms with E-state index in [1.807, 2.05) is 43.0 Å². The quantitative estimate of drug-likeness (QED) is 0.214. The van der Waals surface area contributed by atoms with Crippen molar-refractivity contribution in [2.75, 3.05) is 12.8 Å². The Morgan fingerprint density at radius 3 is 2.65 bits per heavy atom. The minimum absolute atomic E-state index is 0. The van der Waals surface area contributed by atoms with E-state index in [4.69, 9.17) is 11.6 Å². The molecular weight excluding hydrogens is 464 g/mol. The van der Waals surface area contributed by atoms with Gasteiger partial charge in [0.25, 0.3) is 0 Å². The molecule has 0 atom stereocenters. The van der Waals surface area contributed by atoms with E-state index in [1.54, 1.807) is 11.8 Å². The van der Waals surface area contributed by atoms with Crippen LogP contribution in [-0.4, -0.2) is 24.3 Å². The molecule has 4 nitrogen and oxygen atoms in total. The molecule has 0 radical (unpaired) electrons. The largest absolute Gasteiger partial charge is 1.00 e. The highest BCUT2D eigenvalue weighted by Crippen LogP contribution is 2.11. The monoisotopic (exact) mass is 482 g/mol. The van der Waals surface area contributed by atoms with Crippen molar-refractivity contribution < 1.29 is 44.3 Å². The van der Waals surface area contributed by atoms with Gasteiger partial charge in [-0.05, 0) is 24.1 Å². The SMILES string of the molecule is CN=C(NCc1ccc(Cl)cc1)SCCCC1=C[NH2+]C=[NH+]1.[Br-].[Br-]. The second-order valence-corrected chi connectivity index (χ2v) is 6.18. The molecule has 0 saturated heterocycles. The van der Waals surface area contributed by atoms with E-state index < -0.39 is 0 Å². The third-order valence-corrected chi connectivity index (χ3v) is 4.40. The van der Waals surface area contributed by atoms with Gasteiger partial charge < -0.3 is 39.3 Å². The first-order chi connectivity index (χ1) is 10.3. The third kappa shape index (κ3) is 8.91. The molecule has 8 heteroatoms. The molecule has 0 bridgehead atoms. The van der Waals surface area contributed by atoms with Crippen LogP contribution in [0.15, 0.2) is 41.2 Å². The smallest absolute Gasteiger partial charge is 0.332 e. The van der Waals surface area contributed by atoms with Gasteiger partial charge in [0.05, 0.1) is 0 Å².